The fraction of sp³-hybridized carbons (Fsp3) is 0.308. The maximum Gasteiger partial charge on any atom is 0.295 e. The quantitative estimate of drug-likeness (QED) is 0.199. The summed E-state index contributed by atoms with van der Waals surface area (Å²) < 4.78 is 21.9. The minimum atomic E-state index is -0.780. The van der Waals surface area contributed by atoms with Crippen molar-refractivity contribution in [1.82, 2.24) is 4.90 Å². The van der Waals surface area contributed by atoms with Gasteiger partial charge in [0.25, 0.3) is 11.7 Å². The average molecular weight is 466 g/mol. The molecule has 2 heterocycles. The number of rotatable bonds is 9. The number of ketones is 1. The van der Waals surface area contributed by atoms with Crippen molar-refractivity contribution in [3.63, 3.8) is 0 Å². The number of amides is 1. The van der Waals surface area contributed by atoms with Crippen molar-refractivity contribution in [3.05, 3.63) is 71.8 Å². The van der Waals surface area contributed by atoms with Crippen LogP contribution < -0.4 is 14.2 Å². The molecule has 0 radical (unpaired) electrons. The molecule has 1 atom stereocenters. The van der Waals surface area contributed by atoms with Crippen molar-refractivity contribution in [3.8, 4) is 17.2 Å². The third-order valence-electron chi connectivity index (χ3n) is 5.64. The standard InChI is InChI=1S/C26H27NO7/c1-3-11-32-19-7-4-6-17(15-19)23-22(25(29)26(30)27(23)10-5-12-31-2)24(28)18-8-9-20-21(16-18)34-14-13-33-20/h3-4,6-9,15-16,23,28H,1,5,10-14H2,2H3/b24-22+/t23-/m0/s1. The third kappa shape index (κ3) is 4.63. The van der Waals surface area contributed by atoms with Crippen LogP contribution in [0.25, 0.3) is 5.76 Å². The van der Waals surface area contributed by atoms with E-state index < -0.39 is 17.7 Å². The van der Waals surface area contributed by atoms with E-state index in [-0.39, 0.29) is 11.3 Å². The lowest BCUT2D eigenvalue weighted by Gasteiger charge is -2.25. The summed E-state index contributed by atoms with van der Waals surface area (Å²) in [4.78, 5) is 27.6. The smallest absolute Gasteiger partial charge is 0.295 e. The lowest BCUT2D eigenvalue weighted by molar-refractivity contribution is -0.140. The Bertz CT molecular complexity index is 1120. The molecule has 2 aliphatic heterocycles. The van der Waals surface area contributed by atoms with E-state index in [1.54, 1.807) is 55.7 Å². The molecule has 0 aliphatic carbocycles. The van der Waals surface area contributed by atoms with Gasteiger partial charge in [-0.3, -0.25) is 9.59 Å². The molecule has 0 bridgehead atoms. The van der Waals surface area contributed by atoms with Gasteiger partial charge in [0, 0.05) is 25.8 Å². The lowest BCUT2D eigenvalue weighted by Crippen LogP contribution is -2.31. The fourth-order valence-electron chi connectivity index (χ4n) is 4.11. The van der Waals surface area contributed by atoms with Gasteiger partial charge in [-0.25, -0.2) is 0 Å². The largest absolute Gasteiger partial charge is 0.507 e. The van der Waals surface area contributed by atoms with E-state index in [9.17, 15) is 14.7 Å². The summed E-state index contributed by atoms with van der Waals surface area (Å²) in [7, 11) is 1.58. The molecule has 8 heteroatoms. The number of hydrogen-bond donors (Lipinski definition) is 1. The van der Waals surface area contributed by atoms with Gasteiger partial charge in [-0.1, -0.05) is 24.8 Å². The van der Waals surface area contributed by atoms with Crippen LogP contribution in [-0.4, -0.2) is 61.8 Å². The molecule has 1 amide bonds. The Morgan fingerprint density at radius 2 is 1.97 bits per heavy atom. The molecule has 178 valence electrons. The molecule has 1 saturated heterocycles. The van der Waals surface area contributed by atoms with Gasteiger partial charge in [0.15, 0.2) is 11.5 Å². The number of fused-ring (bicyclic) bond motifs is 1. The molecule has 2 aromatic rings. The Morgan fingerprint density at radius 1 is 1.18 bits per heavy atom. The SMILES string of the molecule is C=CCOc1cccc([C@H]2/C(=C(\O)c3ccc4c(c3)OCCO4)C(=O)C(=O)N2CCCOC)c1. The Balaban J connectivity index is 1.79. The van der Waals surface area contributed by atoms with E-state index >= 15 is 0 Å². The summed E-state index contributed by atoms with van der Waals surface area (Å²) in [6.45, 7) is 5.52. The second kappa shape index (κ2) is 10.4. The highest BCUT2D eigenvalue weighted by Crippen LogP contribution is 2.41. The van der Waals surface area contributed by atoms with Crippen molar-refractivity contribution < 1.29 is 33.6 Å². The molecule has 0 saturated carbocycles. The predicted octanol–water partition coefficient (Wildman–Crippen LogP) is 3.48. The van der Waals surface area contributed by atoms with Gasteiger partial charge in [0.1, 0.15) is 31.3 Å². The number of nitrogens with zero attached hydrogens (tertiary/aromatic N) is 1. The maximum absolute atomic E-state index is 13.2. The van der Waals surface area contributed by atoms with Crippen LogP contribution in [0.15, 0.2) is 60.7 Å². The van der Waals surface area contributed by atoms with Crippen molar-refractivity contribution in [2.75, 3.05) is 40.1 Å². The molecule has 34 heavy (non-hydrogen) atoms. The van der Waals surface area contributed by atoms with Gasteiger partial charge in [-0.2, -0.15) is 0 Å². The second-order valence-corrected chi connectivity index (χ2v) is 7.87. The van der Waals surface area contributed by atoms with Crippen LogP contribution in [0, 0.1) is 0 Å². The van der Waals surface area contributed by atoms with Crippen LogP contribution in [0.3, 0.4) is 0 Å². The molecule has 1 N–H and O–H groups in total. The monoisotopic (exact) mass is 465 g/mol. The predicted molar refractivity (Wildman–Crippen MR) is 125 cm³/mol. The number of carbonyl (C=O) groups excluding carboxylic acids is 2. The highest BCUT2D eigenvalue weighted by molar-refractivity contribution is 6.46. The van der Waals surface area contributed by atoms with Gasteiger partial charge in [-0.05, 0) is 42.3 Å². The molecule has 1 fully saturated rings. The van der Waals surface area contributed by atoms with Gasteiger partial charge in [-0.15, -0.1) is 0 Å². The third-order valence-corrected chi connectivity index (χ3v) is 5.64. The van der Waals surface area contributed by atoms with Crippen LogP contribution in [0.5, 0.6) is 17.2 Å². The number of likely N-dealkylation sites (tertiary alicyclic amines) is 1. The van der Waals surface area contributed by atoms with Gasteiger partial charge in [0.2, 0.25) is 0 Å². The number of carbonyl (C=O) groups is 2. The summed E-state index contributed by atoms with van der Waals surface area (Å²) in [5.41, 5.74) is 1.03. The van der Waals surface area contributed by atoms with Crippen LogP contribution in [-0.2, 0) is 14.3 Å². The van der Waals surface area contributed by atoms with Crippen LogP contribution >= 0.6 is 0 Å². The van der Waals surface area contributed by atoms with Crippen molar-refractivity contribution in [2.45, 2.75) is 12.5 Å². The minimum absolute atomic E-state index is 0.0139. The second-order valence-electron chi connectivity index (χ2n) is 7.87. The van der Waals surface area contributed by atoms with E-state index in [1.165, 1.54) is 4.90 Å². The van der Waals surface area contributed by atoms with Crippen LogP contribution in [0.2, 0.25) is 0 Å². The molecule has 2 aromatic carbocycles. The number of ether oxygens (including phenoxy) is 4. The molecule has 4 rings (SSSR count). The molecule has 0 aromatic heterocycles. The first kappa shape index (κ1) is 23.4. The molecule has 0 spiro atoms. The van der Waals surface area contributed by atoms with Crippen molar-refractivity contribution in [2.24, 2.45) is 0 Å². The van der Waals surface area contributed by atoms with Crippen molar-refractivity contribution >= 4 is 17.4 Å². The normalized spacial score (nSPS) is 18.7. The van der Waals surface area contributed by atoms with Gasteiger partial charge < -0.3 is 29.0 Å². The minimum Gasteiger partial charge on any atom is -0.507 e. The van der Waals surface area contributed by atoms with E-state index in [4.69, 9.17) is 18.9 Å². The molecule has 0 unspecified atom stereocenters. The van der Waals surface area contributed by atoms with E-state index in [0.717, 1.165) is 0 Å². The first-order valence-corrected chi connectivity index (χ1v) is 11.1. The van der Waals surface area contributed by atoms with Gasteiger partial charge >= 0.3 is 0 Å². The van der Waals surface area contributed by atoms with E-state index in [0.29, 0.717) is 67.8 Å². The first-order chi connectivity index (χ1) is 16.5. The summed E-state index contributed by atoms with van der Waals surface area (Å²) >= 11 is 0. The Hall–Kier alpha value is -3.78. The zero-order valence-corrected chi connectivity index (χ0v) is 19.0. The zero-order valence-electron chi connectivity index (χ0n) is 19.0. The molecule has 8 nitrogen and oxygen atoms in total. The summed E-state index contributed by atoms with van der Waals surface area (Å²) in [5.74, 6) is -0.0801. The maximum atomic E-state index is 13.2. The Morgan fingerprint density at radius 3 is 2.74 bits per heavy atom. The summed E-state index contributed by atoms with van der Waals surface area (Å²) in [6.07, 6.45) is 2.17. The van der Waals surface area contributed by atoms with Crippen LogP contribution in [0.1, 0.15) is 23.6 Å². The number of aliphatic hydroxyl groups excluding tert-OH is 1. The lowest BCUT2D eigenvalue weighted by atomic mass is 9.95. The summed E-state index contributed by atoms with van der Waals surface area (Å²) in [5, 5.41) is 11.3. The molecular weight excluding hydrogens is 438 g/mol. The topological polar surface area (TPSA) is 94.5 Å². The zero-order chi connectivity index (χ0) is 24.1. The molecular formula is C26H27NO7. The number of benzene rings is 2. The highest BCUT2D eigenvalue weighted by Gasteiger charge is 2.46. The average Bonchev–Trinajstić information content (AvgIpc) is 3.12. The number of methoxy groups -OCH3 is 1. The highest BCUT2D eigenvalue weighted by atomic mass is 16.6. The van der Waals surface area contributed by atoms with Gasteiger partial charge in [0.05, 0.1) is 11.6 Å². The first-order valence-electron chi connectivity index (χ1n) is 11.1. The van der Waals surface area contributed by atoms with E-state index in [2.05, 4.69) is 6.58 Å². The number of hydrogen-bond acceptors (Lipinski definition) is 7. The Kier molecular flexibility index (Phi) is 7.18. The van der Waals surface area contributed by atoms with Crippen molar-refractivity contribution in [1.29, 1.82) is 0 Å². The molecule has 2 aliphatic rings. The summed E-state index contributed by atoms with van der Waals surface area (Å²) in [6, 6.07) is 11.3. The van der Waals surface area contributed by atoms with Crippen LogP contribution in [0.4, 0.5) is 0 Å². The number of aliphatic hydroxyl groups is 1. The fourth-order valence-corrected chi connectivity index (χ4v) is 4.11. The number of Topliss-reactive ketones (excluding diaryl/α,β-unsaturated/α-hetero) is 1. The Labute approximate surface area is 198 Å². The van der Waals surface area contributed by atoms with E-state index in [1.807, 2.05) is 0 Å².